The number of carbonyl (C=O) groups excluding carboxylic acids is 1. The molecule has 0 aliphatic carbocycles. The lowest BCUT2D eigenvalue weighted by Gasteiger charge is -1.97. The van der Waals surface area contributed by atoms with Gasteiger partial charge in [0.1, 0.15) is 0 Å². The van der Waals surface area contributed by atoms with E-state index in [2.05, 4.69) is 6.92 Å². The Hall–Kier alpha value is -0.788. The van der Waals surface area contributed by atoms with Crippen LogP contribution in [0.3, 0.4) is 0 Å². The molecule has 0 amide bonds. The van der Waals surface area contributed by atoms with Gasteiger partial charge in [-0.3, -0.25) is 9.59 Å². The first-order chi connectivity index (χ1) is 7.66. The second kappa shape index (κ2) is 13.3. The molecule has 98 valence electrons. The molecule has 0 fully saturated rings. The number of ether oxygens (including phenoxy) is 1. The number of carboxylic acids is 1. The van der Waals surface area contributed by atoms with Gasteiger partial charge >= 0.3 is 11.9 Å². The molecule has 4 nitrogen and oxygen atoms in total. The summed E-state index contributed by atoms with van der Waals surface area (Å²) in [6, 6.07) is 0. The van der Waals surface area contributed by atoms with Gasteiger partial charge in [-0.25, -0.2) is 0 Å². The highest BCUT2D eigenvalue weighted by Crippen LogP contribution is 2.03. The van der Waals surface area contributed by atoms with E-state index in [0.717, 1.165) is 12.8 Å². The van der Waals surface area contributed by atoms with Gasteiger partial charge in [-0.1, -0.05) is 26.2 Å². The molecule has 0 spiro atoms. The Morgan fingerprint density at radius 1 is 1.18 bits per heavy atom. The predicted octanol–water partition coefficient (Wildman–Crippen LogP) is 1.69. The molecule has 0 radical (unpaired) electrons. The number of carbonyl (C=O) groups is 2. The van der Waals surface area contributed by atoms with Crippen molar-refractivity contribution >= 4 is 29.3 Å². The third-order valence-electron chi connectivity index (χ3n) is 2.06. The summed E-state index contributed by atoms with van der Waals surface area (Å²) in [6.07, 6.45) is 8.51. The minimum Gasteiger partial charge on any atom is -0.481 e. The van der Waals surface area contributed by atoms with E-state index in [1.807, 2.05) is 0 Å². The van der Waals surface area contributed by atoms with Crippen LogP contribution in [0.15, 0.2) is 12.3 Å². The third kappa shape index (κ3) is 15.2. The maximum atomic E-state index is 10.9. The van der Waals surface area contributed by atoms with Crippen molar-refractivity contribution in [3.05, 3.63) is 12.3 Å². The van der Waals surface area contributed by atoms with Gasteiger partial charge in [0, 0.05) is 0 Å². The van der Waals surface area contributed by atoms with E-state index in [4.69, 9.17) is 9.84 Å². The van der Waals surface area contributed by atoms with Gasteiger partial charge in [0.05, 0.1) is 19.1 Å². The van der Waals surface area contributed by atoms with Crippen molar-refractivity contribution in [3.8, 4) is 0 Å². The fraction of sp³-hybridized carbons (Fsp3) is 0.667. The molecule has 0 saturated heterocycles. The van der Waals surface area contributed by atoms with Crippen LogP contribution in [0.25, 0.3) is 0 Å². The number of unbranched alkanes of at least 4 members (excludes halogenated alkanes) is 4. The van der Waals surface area contributed by atoms with Crippen LogP contribution < -0.4 is 0 Å². The Bertz CT molecular complexity index is 239. The summed E-state index contributed by atoms with van der Waals surface area (Å²) in [7, 11) is 0. The van der Waals surface area contributed by atoms with Crippen LogP contribution in [0.5, 0.6) is 0 Å². The van der Waals surface area contributed by atoms with Crippen LogP contribution in [0.1, 0.15) is 51.9 Å². The number of hydrogen-bond donors (Lipinski definition) is 1. The average molecular weight is 258 g/mol. The molecular weight excluding hydrogens is 235 g/mol. The summed E-state index contributed by atoms with van der Waals surface area (Å²) >= 11 is 0. The van der Waals surface area contributed by atoms with Crippen LogP contribution in [0.2, 0.25) is 0 Å². The number of allylic oxidation sites excluding steroid dienone is 1. The highest BCUT2D eigenvalue weighted by molar-refractivity contribution is 5.76. The highest BCUT2D eigenvalue weighted by Gasteiger charge is 2.04. The van der Waals surface area contributed by atoms with Gasteiger partial charge in [-0.15, -0.1) is 0 Å². The molecule has 0 bridgehead atoms. The summed E-state index contributed by atoms with van der Waals surface area (Å²) in [5, 5.41) is 8.33. The lowest BCUT2D eigenvalue weighted by molar-refractivity contribution is -0.144. The monoisotopic (exact) mass is 258 g/mol. The molecule has 0 aromatic carbocycles. The Balaban J connectivity index is 0. The van der Waals surface area contributed by atoms with Gasteiger partial charge in [0.25, 0.3) is 0 Å². The SMILES string of the molecule is CCCCCC/C=C/OC(=O)CCC(=O)O.[AlH3]. The molecular formula is C12H23AlO4. The van der Waals surface area contributed by atoms with Gasteiger partial charge in [0.15, 0.2) is 17.4 Å². The molecule has 17 heavy (non-hydrogen) atoms. The maximum Gasteiger partial charge on any atom is 0.311 e. The predicted molar refractivity (Wildman–Crippen MR) is 70.8 cm³/mol. The molecule has 0 heterocycles. The first-order valence-corrected chi connectivity index (χ1v) is 5.73. The van der Waals surface area contributed by atoms with Gasteiger partial charge in [-0.05, 0) is 18.9 Å². The highest BCUT2D eigenvalue weighted by atomic mass is 27.0. The Morgan fingerprint density at radius 3 is 2.47 bits per heavy atom. The van der Waals surface area contributed by atoms with Crippen molar-refractivity contribution in [2.45, 2.75) is 51.9 Å². The van der Waals surface area contributed by atoms with Gasteiger partial charge in [-0.2, -0.15) is 0 Å². The van der Waals surface area contributed by atoms with E-state index in [1.54, 1.807) is 6.08 Å². The molecule has 0 aliphatic heterocycles. The Morgan fingerprint density at radius 2 is 1.88 bits per heavy atom. The Labute approximate surface area is 113 Å². The summed E-state index contributed by atoms with van der Waals surface area (Å²) in [5.41, 5.74) is 0. The summed E-state index contributed by atoms with van der Waals surface area (Å²) in [5.74, 6) is -1.48. The molecule has 0 saturated carbocycles. The van der Waals surface area contributed by atoms with Crippen molar-refractivity contribution in [2.24, 2.45) is 0 Å². The molecule has 5 heteroatoms. The number of carboxylic acid groups (broad SMARTS) is 1. The van der Waals surface area contributed by atoms with E-state index in [1.165, 1.54) is 25.5 Å². The minimum absolute atomic E-state index is 0. The van der Waals surface area contributed by atoms with E-state index in [-0.39, 0.29) is 30.2 Å². The number of hydrogen-bond acceptors (Lipinski definition) is 3. The number of rotatable bonds is 9. The molecule has 1 N–H and O–H groups in total. The van der Waals surface area contributed by atoms with Crippen LogP contribution in [-0.4, -0.2) is 34.4 Å². The van der Waals surface area contributed by atoms with Crippen molar-refractivity contribution in [2.75, 3.05) is 0 Å². The van der Waals surface area contributed by atoms with Gasteiger partial charge in [0.2, 0.25) is 0 Å². The number of esters is 1. The standard InChI is InChI=1S/C12H20O4.Al.3H/c1-2-3-4-5-6-7-10-16-12(15)9-8-11(13)14;;;;/h7,10H,2-6,8-9H2,1H3,(H,13,14);;;;/b10-7+;;;;. The van der Waals surface area contributed by atoms with Crippen molar-refractivity contribution in [1.29, 1.82) is 0 Å². The van der Waals surface area contributed by atoms with Crippen LogP contribution in [0, 0.1) is 0 Å². The first kappa shape index (κ1) is 18.6. The lowest BCUT2D eigenvalue weighted by atomic mass is 10.1. The first-order valence-electron chi connectivity index (χ1n) is 5.73. The second-order valence-corrected chi connectivity index (χ2v) is 3.60. The largest absolute Gasteiger partial charge is 0.481 e. The summed E-state index contributed by atoms with van der Waals surface area (Å²) in [4.78, 5) is 21.1. The third-order valence-corrected chi connectivity index (χ3v) is 2.06. The molecule has 0 rings (SSSR count). The van der Waals surface area contributed by atoms with Crippen molar-refractivity contribution < 1.29 is 19.4 Å². The summed E-state index contributed by atoms with van der Waals surface area (Å²) < 4.78 is 4.72. The minimum atomic E-state index is -0.986. The smallest absolute Gasteiger partial charge is 0.311 e. The van der Waals surface area contributed by atoms with Crippen LogP contribution in [-0.2, 0) is 14.3 Å². The second-order valence-electron chi connectivity index (χ2n) is 3.60. The zero-order chi connectivity index (χ0) is 12.2. The average Bonchev–Trinajstić information content (AvgIpc) is 2.25. The zero-order valence-electron chi connectivity index (χ0n) is 9.78. The molecule has 0 aromatic rings. The van der Waals surface area contributed by atoms with E-state index < -0.39 is 11.9 Å². The lowest BCUT2D eigenvalue weighted by Crippen LogP contribution is -2.03. The topological polar surface area (TPSA) is 63.6 Å². The zero-order valence-corrected chi connectivity index (χ0v) is 9.78. The molecule has 0 unspecified atom stereocenters. The quantitative estimate of drug-likeness (QED) is 0.296. The Kier molecular flexibility index (Phi) is 14.5. The van der Waals surface area contributed by atoms with Crippen LogP contribution in [0.4, 0.5) is 0 Å². The molecule has 0 atom stereocenters. The number of aliphatic carboxylic acids is 1. The van der Waals surface area contributed by atoms with Gasteiger partial charge < -0.3 is 9.84 Å². The molecule has 0 aromatic heterocycles. The maximum absolute atomic E-state index is 10.9. The van der Waals surface area contributed by atoms with E-state index >= 15 is 0 Å². The van der Waals surface area contributed by atoms with E-state index in [9.17, 15) is 9.59 Å². The normalized spacial score (nSPS) is 9.94. The fourth-order valence-corrected chi connectivity index (χ4v) is 1.15. The fourth-order valence-electron chi connectivity index (χ4n) is 1.15. The van der Waals surface area contributed by atoms with Crippen molar-refractivity contribution in [1.82, 2.24) is 0 Å². The van der Waals surface area contributed by atoms with E-state index in [0.29, 0.717) is 0 Å². The molecule has 0 aliphatic rings. The van der Waals surface area contributed by atoms with Crippen LogP contribution >= 0.6 is 0 Å². The van der Waals surface area contributed by atoms with Crippen molar-refractivity contribution in [3.63, 3.8) is 0 Å². The summed E-state index contributed by atoms with van der Waals surface area (Å²) in [6.45, 7) is 2.15.